The number of fused-ring (bicyclic) bond motifs is 1. The highest BCUT2D eigenvalue weighted by Gasteiger charge is 2.42. The van der Waals surface area contributed by atoms with Crippen LogP contribution >= 0.6 is 0 Å². The second-order valence-corrected chi connectivity index (χ2v) is 7.06. The van der Waals surface area contributed by atoms with Crippen molar-refractivity contribution in [3.8, 4) is 0 Å². The molecule has 2 unspecified atom stereocenters. The molecule has 3 heterocycles. The van der Waals surface area contributed by atoms with Crippen LogP contribution in [0.3, 0.4) is 0 Å². The maximum absolute atomic E-state index is 12.5. The van der Waals surface area contributed by atoms with Gasteiger partial charge in [-0.2, -0.15) is 0 Å². The summed E-state index contributed by atoms with van der Waals surface area (Å²) >= 11 is 0. The van der Waals surface area contributed by atoms with E-state index in [1.807, 2.05) is 6.07 Å². The minimum Gasteiger partial charge on any atom is -0.342 e. The molecule has 122 valence electrons. The Balaban J connectivity index is 1.33. The highest BCUT2D eigenvalue weighted by atomic mass is 16.2. The smallest absolute Gasteiger partial charge is 0.226 e. The third kappa shape index (κ3) is 3.09. The maximum atomic E-state index is 12.5. The molecule has 2 saturated heterocycles. The van der Waals surface area contributed by atoms with E-state index in [9.17, 15) is 4.79 Å². The van der Waals surface area contributed by atoms with Crippen molar-refractivity contribution in [2.45, 2.75) is 32.1 Å². The van der Waals surface area contributed by atoms with Crippen LogP contribution in [0.2, 0.25) is 0 Å². The van der Waals surface area contributed by atoms with E-state index in [-0.39, 0.29) is 0 Å². The predicted molar refractivity (Wildman–Crippen MR) is 89.0 cm³/mol. The highest BCUT2D eigenvalue weighted by Crippen LogP contribution is 2.33. The first-order valence-electron chi connectivity index (χ1n) is 8.77. The average molecular weight is 312 g/mol. The van der Waals surface area contributed by atoms with Gasteiger partial charge in [-0.05, 0) is 31.7 Å². The minimum atomic E-state index is 0.329. The van der Waals surface area contributed by atoms with Crippen LogP contribution in [-0.4, -0.2) is 47.0 Å². The second kappa shape index (κ2) is 6.30. The SMILES string of the molecule is O=C(CC1=CCCCC1)N1CC2CN(c3ncccn3)CC2C1. The van der Waals surface area contributed by atoms with E-state index in [4.69, 9.17) is 0 Å². The van der Waals surface area contributed by atoms with Gasteiger partial charge in [-0.25, -0.2) is 9.97 Å². The van der Waals surface area contributed by atoms with E-state index in [1.54, 1.807) is 12.4 Å². The first-order chi connectivity index (χ1) is 11.3. The molecule has 0 spiro atoms. The Bertz CT molecular complexity index is 586. The van der Waals surface area contributed by atoms with Gasteiger partial charge in [-0.1, -0.05) is 11.6 Å². The van der Waals surface area contributed by atoms with E-state index in [2.05, 4.69) is 25.8 Å². The Morgan fingerprint density at radius 3 is 2.48 bits per heavy atom. The van der Waals surface area contributed by atoms with E-state index < -0.39 is 0 Å². The Morgan fingerprint density at radius 1 is 1.09 bits per heavy atom. The van der Waals surface area contributed by atoms with Crippen LogP contribution in [0, 0.1) is 11.8 Å². The summed E-state index contributed by atoms with van der Waals surface area (Å²) in [5.74, 6) is 2.30. The largest absolute Gasteiger partial charge is 0.342 e. The number of hydrogen-bond donors (Lipinski definition) is 0. The quantitative estimate of drug-likeness (QED) is 0.803. The van der Waals surface area contributed by atoms with Crippen LogP contribution in [0.4, 0.5) is 5.95 Å². The van der Waals surface area contributed by atoms with Crippen LogP contribution in [0.5, 0.6) is 0 Å². The van der Waals surface area contributed by atoms with E-state index in [0.29, 0.717) is 24.2 Å². The van der Waals surface area contributed by atoms with Crippen molar-refractivity contribution >= 4 is 11.9 Å². The number of likely N-dealkylation sites (tertiary alicyclic amines) is 1. The number of carbonyl (C=O) groups excluding carboxylic acids is 1. The zero-order chi connectivity index (χ0) is 15.6. The molecule has 0 radical (unpaired) electrons. The summed E-state index contributed by atoms with van der Waals surface area (Å²) in [6.07, 6.45) is 11.3. The van der Waals surface area contributed by atoms with Crippen molar-refractivity contribution in [2.75, 3.05) is 31.1 Å². The molecule has 2 atom stereocenters. The molecule has 4 rings (SSSR count). The van der Waals surface area contributed by atoms with Gasteiger partial charge in [-0.15, -0.1) is 0 Å². The van der Waals surface area contributed by atoms with Gasteiger partial charge in [0.1, 0.15) is 0 Å². The molecular weight excluding hydrogens is 288 g/mol. The molecule has 5 nitrogen and oxygen atoms in total. The van der Waals surface area contributed by atoms with Gasteiger partial charge in [-0.3, -0.25) is 4.79 Å². The number of rotatable bonds is 3. The molecule has 0 aromatic carbocycles. The zero-order valence-corrected chi connectivity index (χ0v) is 13.5. The van der Waals surface area contributed by atoms with Gasteiger partial charge >= 0.3 is 0 Å². The lowest BCUT2D eigenvalue weighted by Gasteiger charge is -2.22. The van der Waals surface area contributed by atoms with Gasteiger partial charge in [0.05, 0.1) is 0 Å². The van der Waals surface area contributed by atoms with Crippen molar-refractivity contribution in [1.82, 2.24) is 14.9 Å². The van der Waals surface area contributed by atoms with Crippen LogP contribution in [0.25, 0.3) is 0 Å². The molecule has 1 aromatic heterocycles. The zero-order valence-electron chi connectivity index (χ0n) is 13.5. The maximum Gasteiger partial charge on any atom is 0.226 e. The summed E-state index contributed by atoms with van der Waals surface area (Å²) in [5, 5.41) is 0. The molecule has 1 aromatic rings. The Morgan fingerprint density at radius 2 is 1.83 bits per heavy atom. The van der Waals surface area contributed by atoms with Crippen molar-refractivity contribution in [1.29, 1.82) is 0 Å². The number of nitrogens with zero attached hydrogens (tertiary/aromatic N) is 4. The fraction of sp³-hybridized carbons (Fsp3) is 0.611. The number of carbonyl (C=O) groups is 1. The molecule has 0 N–H and O–H groups in total. The monoisotopic (exact) mass is 312 g/mol. The molecule has 1 aliphatic carbocycles. The van der Waals surface area contributed by atoms with Gasteiger partial charge in [0, 0.05) is 56.8 Å². The van der Waals surface area contributed by atoms with Gasteiger partial charge in [0.15, 0.2) is 0 Å². The predicted octanol–water partition coefficient (Wildman–Crippen LogP) is 2.26. The molecule has 23 heavy (non-hydrogen) atoms. The third-order valence-electron chi connectivity index (χ3n) is 5.44. The van der Waals surface area contributed by atoms with Crippen molar-refractivity contribution in [2.24, 2.45) is 11.8 Å². The number of hydrogen-bond acceptors (Lipinski definition) is 4. The lowest BCUT2D eigenvalue weighted by molar-refractivity contribution is -0.129. The number of aromatic nitrogens is 2. The fourth-order valence-corrected chi connectivity index (χ4v) is 4.19. The lowest BCUT2D eigenvalue weighted by atomic mass is 9.97. The first-order valence-corrected chi connectivity index (χ1v) is 8.77. The number of allylic oxidation sites excluding steroid dienone is 1. The summed E-state index contributed by atoms with van der Waals surface area (Å²) in [4.78, 5) is 25.6. The summed E-state index contributed by atoms with van der Waals surface area (Å²) in [5.41, 5.74) is 1.36. The molecule has 0 saturated carbocycles. The highest BCUT2D eigenvalue weighted by molar-refractivity contribution is 5.79. The molecule has 2 fully saturated rings. The molecule has 1 amide bonds. The topological polar surface area (TPSA) is 49.3 Å². The summed E-state index contributed by atoms with van der Waals surface area (Å²) in [6, 6.07) is 1.85. The van der Waals surface area contributed by atoms with E-state index in [0.717, 1.165) is 45.0 Å². The lowest BCUT2D eigenvalue weighted by Crippen LogP contribution is -2.33. The summed E-state index contributed by atoms with van der Waals surface area (Å²) in [6.45, 7) is 3.75. The Kier molecular flexibility index (Phi) is 4.02. The molecule has 5 heteroatoms. The molecular formula is C18H24N4O. The van der Waals surface area contributed by atoms with Crippen LogP contribution in [-0.2, 0) is 4.79 Å². The van der Waals surface area contributed by atoms with Crippen molar-refractivity contribution < 1.29 is 4.79 Å². The van der Waals surface area contributed by atoms with Gasteiger partial charge in [0.2, 0.25) is 11.9 Å². The Hall–Kier alpha value is -1.91. The van der Waals surface area contributed by atoms with Gasteiger partial charge < -0.3 is 9.80 Å². The van der Waals surface area contributed by atoms with Crippen molar-refractivity contribution in [3.63, 3.8) is 0 Å². The van der Waals surface area contributed by atoms with E-state index in [1.165, 1.54) is 18.4 Å². The minimum absolute atomic E-state index is 0.329. The molecule has 3 aliphatic rings. The van der Waals surface area contributed by atoms with E-state index >= 15 is 0 Å². The van der Waals surface area contributed by atoms with Crippen LogP contribution < -0.4 is 4.90 Å². The summed E-state index contributed by atoms with van der Waals surface area (Å²) < 4.78 is 0. The van der Waals surface area contributed by atoms with Gasteiger partial charge in [0.25, 0.3) is 0 Å². The standard InChI is InChI=1S/C18H24N4O/c23-17(9-14-5-2-1-3-6-14)21-10-15-12-22(13-16(15)11-21)18-19-7-4-8-20-18/h4-5,7-8,15-16H,1-3,6,9-13H2. The average Bonchev–Trinajstić information content (AvgIpc) is 3.15. The van der Waals surface area contributed by atoms with Crippen LogP contribution in [0.1, 0.15) is 32.1 Å². The van der Waals surface area contributed by atoms with Crippen molar-refractivity contribution in [3.05, 3.63) is 30.1 Å². The third-order valence-corrected chi connectivity index (χ3v) is 5.44. The number of amides is 1. The second-order valence-electron chi connectivity index (χ2n) is 7.06. The first kappa shape index (κ1) is 14.7. The van der Waals surface area contributed by atoms with Crippen LogP contribution in [0.15, 0.2) is 30.1 Å². The fourth-order valence-electron chi connectivity index (χ4n) is 4.19. The molecule has 0 bridgehead atoms. The summed E-state index contributed by atoms with van der Waals surface area (Å²) in [7, 11) is 0. The molecule has 2 aliphatic heterocycles. The number of anilines is 1. The normalized spacial score (nSPS) is 27.0. The Labute approximate surface area is 137 Å².